The molecule has 0 saturated carbocycles. The molecule has 2 heteroatoms. The Hall–Kier alpha value is -0.0800. The van der Waals surface area contributed by atoms with E-state index in [1.807, 2.05) is 0 Å². The highest BCUT2D eigenvalue weighted by Gasteiger charge is 1.92. The first-order valence-corrected chi connectivity index (χ1v) is 6.98. The summed E-state index contributed by atoms with van der Waals surface area (Å²) in [5, 5.41) is 0. The Kier molecular flexibility index (Phi) is 14.8. The van der Waals surface area contributed by atoms with Gasteiger partial charge in [-0.25, -0.2) is 0 Å². The molecule has 0 heterocycles. The molecule has 0 radical (unpaired) electrons. The van der Waals surface area contributed by atoms with Crippen LogP contribution in [0.1, 0.15) is 64.7 Å². The first-order valence-electron chi connectivity index (χ1n) is 6.98. The molecule has 0 rings (SSSR count). The van der Waals surface area contributed by atoms with Crippen molar-refractivity contribution < 1.29 is 9.47 Å². The molecule has 2 nitrogen and oxygen atoms in total. The van der Waals surface area contributed by atoms with E-state index in [9.17, 15) is 0 Å². The number of hydrogen-bond donors (Lipinski definition) is 0. The van der Waals surface area contributed by atoms with Gasteiger partial charge in [-0.3, -0.25) is 0 Å². The first kappa shape index (κ1) is 15.9. The summed E-state index contributed by atoms with van der Waals surface area (Å²) in [6, 6.07) is 0. The van der Waals surface area contributed by atoms with Crippen molar-refractivity contribution in [3.05, 3.63) is 0 Å². The maximum Gasteiger partial charge on any atom is 0.0466 e. The van der Waals surface area contributed by atoms with Gasteiger partial charge in [0.15, 0.2) is 0 Å². The Labute approximate surface area is 102 Å². The summed E-state index contributed by atoms with van der Waals surface area (Å²) in [5.41, 5.74) is 0. The van der Waals surface area contributed by atoms with Gasteiger partial charge in [0, 0.05) is 26.9 Å². The third kappa shape index (κ3) is 13.9. The van der Waals surface area contributed by atoms with Gasteiger partial charge in [0.25, 0.3) is 0 Å². The standard InChI is InChI=1S/C14H30O2/c1-3-4-5-6-7-8-9-13-16-14-11-10-12-15-2/h3-14H2,1-2H3. The predicted molar refractivity (Wildman–Crippen MR) is 69.9 cm³/mol. The largest absolute Gasteiger partial charge is 0.385 e. The zero-order chi connectivity index (χ0) is 11.9. The molecule has 0 atom stereocenters. The molecule has 0 unspecified atom stereocenters. The summed E-state index contributed by atoms with van der Waals surface area (Å²) in [5.74, 6) is 0. The molecule has 16 heavy (non-hydrogen) atoms. The second-order valence-electron chi connectivity index (χ2n) is 4.43. The van der Waals surface area contributed by atoms with Gasteiger partial charge >= 0.3 is 0 Å². The molecule has 0 aliphatic rings. The van der Waals surface area contributed by atoms with Crippen molar-refractivity contribution in [2.24, 2.45) is 0 Å². The molecule has 0 spiro atoms. The summed E-state index contributed by atoms with van der Waals surface area (Å²) in [4.78, 5) is 0. The minimum Gasteiger partial charge on any atom is -0.385 e. The molecule has 0 fully saturated rings. The highest BCUT2D eigenvalue weighted by atomic mass is 16.5. The number of rotatable bonds is 13. The zero-order valence-electron chi connectivity index (χ0n) is 11.3. The molecule has 0 bridgehead atoms. The molecule has 0 aliphatic heterocycles. The molecule has 0 aliphatic carbocycles. The Balaban J connectivity index is 2.83. The van der Waals surface area contributed by atoms with Crippen molar-refractivity contribution >= 4 is 0 Å². The van der Waals surface area contributed by atoms with Gasteiger partial charge < -0.3 is 9.47 Å². The molecular weight excluding hydrogens is 200 g/mol. The average molecular weight is 230 g/mol. The van der Waals surface area contributed by atoms with Crippen LogP contribution in [0.15, 0.2) is 0 Å². The molecule has 0 aromatic carbocycles. The van der Waals surface area contributed by atoms with Crippen LogP contribution in [-0.2, 0) is 9.47 Å². The molecule has 0 amide bonds. The molecule has 0 saturated heterocycles. The highest BCUT2D eigenvalue weighted by Crippen LogP contribution is 2.06. The average Bonchev–Trinajstić information content (AvgIpc) is 2.31. The van der Waals surface area contributed by atoms with E-state index < -0.39 is 0 Å². The summed E-state index contributed by atoms with van der Waals surface area (Å²) >= 11 is 0. The molecule has 0 aromatic rings. The minimum absolute atomic E-state index is 0.862. The van der Waals surface area contributed by atoms with E-state index in [1.54, 1.807) is 7.11 Å². The fraction of sp³-hybridized carbons (Fsp3) is 1.00. The summed E-state index contributed by atoms with van der Waals surface area (Å²) in [7, 11) is 1.75. The van der Waals surface area contributed by atoms with Crippen LogP contribution >= 0.6 is 0 Å². The monoisotopic (exact) mass is 230 g/mol. The van der Waals surface area contributed by atoms with Gasteiger partial charge in [0.05, 0.1) is 0 Å². The predicted octanol–water partition coefficient (Wildman–Crippen LogP) is 4.18. The van der Waals surface area contributed by atoms with Crippen LogP contribution in [0.2, 0.25) is 0 Å². The summed E-state index contributed by atoms with van der Waals surface area (Å²) in [6.07, 6.45) is 11.7. The fourth-order valence-electron chi connectivity index (χ4n) is 1.71. The van der Waals surface area contributed by atoms with Crippen LogP contribution in [0, 0.1) is 0 Å². The van der Waals surface area contributed by atoms with Crippen molar-refractivity contribution in [1.29, 1.82) is 0 Å². The number of hydrogen-bond acceptors (Lipinski definition) is 2. The fourth-order valence-corrected chi connectivity index (χ4v) is 1.71. The minimum atomic E-state index is 0.862. The molecular formula is C14H30O2. The van der Waals surface area contributed by atoms with E-state index in [0.717, 1.165) is 32.7 Å². The molecule has 0 aromatic heterocycles. The van der Waals surface area contributed by atoms with Crippen LogP contribution in [0.4, 0.5) is 0 Å². The van der Waals surface area contributed by atoms with Crippen molar-refractivity contribution in [2.75, 3.05) is 26.9 Å². The van der Waals surface area contributed by atoms with E-state index in [0.29, 0.717) is 0 Å². The van der Waals surface area contributed by atoms with Crippen molar-refractivity contribution in [3.8, 4) is 0 Å². The third-order valence-electron chi connectivity index (χ3n) is 2.78. The van der Waals surface area contributed by atoms with Crippen molar-refractivity contribution in [1.82, 2.24) is 0 Å². The lowest BCUT2D eigenvalue weighted by Gasteiger charge is -2.04. The zero-order valence-corrected chi connectivity index (χ0v) is 11.3. The topological polar surface area (TPSA) is 18.5 Å². The van der Waals surface area contributed by atoms with E-state index in [1.165, 1.54) is 44.9 Å². The Morgan fingerprint density at radius 3 is 1.75 bits per heavy atom. The third-order valence-corrected chi connectivity index (χ3v) is 2.78. The second-order valence-corrected chi connectivity index (χ2v) is 4.43. The Bertz CT molecular complexity index is 101. The first-order chi connectivity index (χ1) is 7.91. The van der Waals surface area contributed by atoms with Gasteiger partial charge in [-0.2, -0.15) is 0 Å². The Morgan fingerprint density at radius 1 is 0.625 bits per heavy atom. The van der Waals surface area contributed by atoms with Gasteiger partial charge in [-0.1, -0.05) is 45.4 Å². The molecule has 0 N–H and O–H groups in total. The lowest BCUT2D eigenvalue weighted by atomic mass is 10.1. The van der Waals surface area contributed by atoms with E-state index in [4.69, 9.17) is 9.47 Å². The van der Waals surface area contributed by atoms with Gasteiger partial charge in [-0.15, -0.1) is 0 Å². The lowest BCUT2D eigenvalue weighted by molar-refractivity contribution is 0.115. The quantitative estimate of drug-likeness (QED) is 0.442. The van der Waals surface area contributed by atoms with Crippen LogP contribution in [0.25, 0.3) is 0 Å². The van der Waals surface area contributed by atoms with E-state index in [2.05, 4.69) is 6.92 Å². The van der Waals surface area contributed by atoms with E-state index in [-0.39, 0.29) is 0 Å². The van der Waals surface area contributed by atoms with Crippen LogP contribution in [-0.4, -0.2) is 26.9 Å². The maximum atomic E-state index is 5.55. The van der Waals surface area contributed by atoms with Crippen LogP contribution in [0.3, 0.4) is 0 Å². The summed E-state index contributed by atoms with van der Waals surface area (Å²) < 4.78 is 10.5. The van der Waals surface area contributed by atoms with E-state index >= 15 is 0 Å². The van der Waals surface area contributed by atoms with Crippen molar-refractivity contribution in [3.63, 3.8) is 0 Å². The maximum absolute atomic E-state index is 5.55. The lowest BCUT2D eigenvalue weighted by Crippen LogP contribution is -1.99. The Morgan fingerprint density at radius 2 is 1.12 bits per heavy atom. The second kappa shape index (κ2) is 14.9. The smallest absolute Gasteiger partial charge is 0.0466 e. The van der Waals surface area contributed by atoms with Gasteiger partial charge in [0.1, 0.15) is 0 Å². The summed E-state index contributed by atoms with van der Waals surface area (Å²) in [6.45, 7) is 4.97. The highest BCUT2D eigenvalue weighted by molar-refractivity contribution is 4.45. The van der Waals surface area contributed by atoms with Crippen molar-refractivity contribution in [2.45, 2.75) is 64.7 Å². The van der Waals surface area contributed by atoms with Gasteiger partial charge in [0.2, 0.25) is 0 Å². The number of unbranched alkanes of at least 4 members (excludes halogenated alkanes) is 7. The van der Waals surface area contributed by atoms with Crippen LogP contribution in [0.5, 0.6) is 0 Å². The SMILES string of the molecule is CCCCCCCCCOCCCCOC. The van der Waals surface area contributed by atoms with Gasteiger partial charge in [-0.05, 0) is 19.3 Å². The van der Waals surface area contributed by atoms with Crippen LogP contribution < -0.4 is 0 Å². The normalized spacial score (nSPS) is 10.9. The number of methoxy groups -OCH3 is 1. The molecule has 98 valence electrons. The number of ether oxygens (including phenoxy) is 2.